The van der Waals surface area contributed by atoms with Gasteiger partial charge in [-0.15, -0.1) is 6.58 Å². The molecule has 0 aliphatic heterocycles. The van der Waals surface area contributed by atoms with E-state index in [-0.39, 0.29) is 0 Å². The minimum atomic E-state index is -0.726. The monoisotopic (exact) mass is 274 g/mol. The third-order valence-corrected chi connectivity index (χ3v) is 4.98. The van der Waals surface area contributed by atoms with E-state index in [9.17, 15) is 0 Å². The van der Waals surface area contributed by atoms with E-state index in [0.717, 1.165) is 19.6 Å². The summed E-state index contributed by atoms with van der Waals surface area (Å²) in [5, 5.41) is 0. The van der Waals surface area contributed by atoms with Crippen LogP contribution in [0.3, 0.4) is 0 Å². The molecule has 1 atom stereocenters. The van der Waals surface area contributed by atoms with Crippen LogP contribution < -0.4 is 0 Å². The molecule has 0 saturated heterocycles. The van der Waals surface area contributed by atoms with Crippen molar-refractivity contribution < 1.29 is 9.05 Å². The molecule has 0 aromatic rings. The molecule has 0 heterocycles. The van der Waals surface area contributed by atoms with E-state index in [4.69, 9.17) is 9.05 Å². The molecular weight excluding hydrogens is 243 g/mol. The van der Waals surface area contributed by atoms with Crippen molar-refractivity contribution in [2.75, 3.05) is 13.2 Å². The molecule has 0 fully saturated rings. The normalized spacial score (nSPS) is 12.9. The van der Waals surface area contributed by atoms with Gasteiger partial charge in [0, 0.05) is 5.66 Å². The van der Waals surface area contributed by atoms with Gasteiger partial charge in [0.15, 0.2) is 8.38 Å². The van der Waals surface area contributed by atoms with Gasteiger partial charge in [-0.3, -0.25) is 0 Å². The SMILES string of the molecule is C=CCC(CCCCCCC)P(OCC)OCC. The second-order valence-electron chi connectivity index (χ2n) is 4.50. The highest BCUT2D eigenvalue weighted by molar-refractivity contribution is 7.48. The van der Waals surface area contributed by atoms with Gasteiger partial charge in [-0.05, 0) is 26.7 Å². The zero-order chi connectivity index (χ0) is 13.6. The molecule has 0 bridgehead atoms. The van der Waals surface area contributed by atoms with Crippen LogP contribution in [-0.4, -0.2) is 18.9 Å². The molecule has 0 aromatic heterocycles. The summed E-state index contributed by atoms with van der Waals surface area (Å²) in [5.41, 5.74) is 0.527. The van der Waals surface area contributed by atoms with Crippen LogP contribution in [0.5, 0.6) is 0 Å². The van der Waals surface area contributed by atoms with Crippen LogP contribution >= 0.6 is 8.38 Å². The molecule has 0 aliphatic carbocycles. The number of unbranched alkanes of at least 4 members (excludes halogenated alkanes) is 4. The Morgan fingerprint density at radius 2 is 1.61 bits per heavy atom. The molecule has 108 valence electrons. The maximum Gasteiger partial charge on any atom is 0.174 e. The molecule has 3 heteroatoms. The summed E-state index contributed by atoms with van der Waals surface area (Å²) in [5.74, 6) is 0. The molecular formula is C15H31O2P. The zero-order valence-corrected chi connectivity index (χ0v) is 13.4. The first kappa shape index (κ1) is 18.1. The van der Waals surface area contributed by atoms with Crippen LogP contribution in [0.25, 0.3) is 0 Å². The number of allylic oxidation sites excluding steroid dienone is 1. The van der Waals surface area contributed by atoms with E-state index in [1.165, 1.54) is 38.5 Å². The first-order valence-corrected chi connectivity index (χ1v) is 8.70. The molecule has 0 N–H and O–H groups in total. The van der Waals surface area contributed by atoms with Crippen molar-refractivity contribution in [2.24, 2.45) is 0 Å². The largest absolute Gasteiger partial charge is 0.334 e. The maximum atomic E-state index is 5.77. The van der Waals surface area contributed by atoms with Crippen LogP contribution in [0, 0.1) is 0 Å². The molecule has 2 nitrogen and oxygen atoms in total. The highest BCUT2D eigenvalue weighted by Gasteiger charge is 2.21. The van der Waals surface area contributed by atoms with Crippen molar-refractivity contribution in [1.82, 2.24) is 0 Å². The van der Waals surface area contributed by atoms with Crippen LogP contribution in [0.15, 0.2) is 12.7 Å². The Bertz CT molecular complexity index is 179. The van der Waals surface area contributed by atoms with Gasteiger partial charge in [-0.1, -0.05) is 45.1 Å². The van der Waals surface area contributed by atoms with Crippen molar-refractivity contribution in [3.8, 4) is 0 Å². The van der Waals surface area contributed by atoms with Crippen molar-refractivity contribution in [3.05, 3.63) is 12.7 Å². The van der Waals surface area contributed by atoms with Crippen LogP contribution in [0.1, 0.15) is 65.7 Å². The van der Waals surface area contributed by atoms with Gasteiger partial charge >= 0.3 is 0 Å². The summed E-state index contributed by atoms with van der Waals surface area (Å²) in [7, 11) is -0.726. The van der Waals surface area contributed by atoms with Crippen LogP contribution in [-0.2, 0) is 9.05 Å². The molecule has 0 aliphatic rings. The van der Waals surface area contributed by atoms with Gasteiger partial charge < -0.3 is 9.05 Å². The van der Waals surface area contributed by atoms with E-state index in [1.54, 1.807) is 0 Å². The van der Waals surface area contributed by atoms with Crippen LogP contribution in [0.2, 0.25) is 0 Å². The van der Waals surface area contributed by atoms with Crippen LogP contribution in [0.4, 0.5) is 0 Å². The average molecular weight is 274 g/mol. The van der Waals surface area contributed by atoms with Crippen molar-refractivity contribution >= 4 is 8.38 Å². The summed E-state index contributed by atoms with van der Waals surface area (Å²) < 4.78 is 11.5. The predicted octanol–water partition coefficient (Wildman–Crippen LogP) is 5.68. The lowest BCUT2D eigenvalue weighted by Crippen LogP contribution is -2.09. The maximum absolute atomic E-state index is 5.77. The summed E-state index contributed by atoms with van der Waals surface area (Å²) in [6, 6.07) is 0. The molecule has 0 rings (SSSR count). The second-order valence-corrected chi connectivity index (χ2v) is 6.32. The Morgan fingerprint density at radius 3 is 2.11 bits per heavy atom. The number of rotatable bonds is 13. The summed E-state index contributed by atoms with van der Waals surface area (Å²) in [6.07, 6.45) is 10.9. The molecule has 1 unspecified atom stereocenters. The first-order chi connectivity index (χ1) is 8.79. The van der Waals surface area contributed by atoms with Crippen molar-refractivity contribution in [3.63, 3.8) is 0 Å². The fraction of sp³-hybridized carbons (Fsp3) is 0.867. The lowest BCUT2D eigenvalue weighted by atomic mass is 10.1. The lowest BCUT2D eigenvalue weighted by molar-refractivity contribution is 0.260. The fourth-order valence-corrected chi connectivity index (χ4v) is 3.71. The standard InChI is InChI=1S/C15H31O2P/c1-5-9-10-11-12-14-15(13-6-2)18(16-7-3)17-8-4/h6,15H,2,5,7-14H2,1,3-4H3. The lowest BCUT2D eigenvalue weighted by Gasteiger charge is -2.24. The summed E-state index contributed by atoms with van der Waals surface area (Å²) >= 11 is 0. The molecule has 0 spiro atoms. The van der Waals surface area contributed by atoms with E-state index in [0.29, 0.717) is 5.66 Å². The quantitative estimate of drug-likeness (QED) is 0.244. The molecule has 0 radical (unpaired) electrons. The summed E-state index contributed by atoms with van der Waals surface area (Å²) in [6.45, 7) is 11.7. The molecule has 0 amide bonds. The van der Waals surface area contributed by atoms with Gasteiger partial charge in [0.25, 0.3) is 0 Å². The molecule has 0 saturated carbocycles. The Balaban J connectivity index is 4.02. The average Bonchev–Trinajstić information content (AvgIpc) is 2.37. The Labute approximate surface area is 115 Å². The Morgan fingerprint density at radius 1 is 1.00 bits per heavy atom. The minimum absolute atomic E-state index is 0.527. The van der Waals surface area contributed by atoms with Gasteiger partial charge in [0.05, 0.1) is 13.2 Å². The topological polar surface area (TPSA) is 18.5 Å². The number of hydrogen-bond acceptors (Lipinski definition) is 2. The predicted molar refractivity (Wildman–Crippen MR) is 82.2 cm³/mol. The van der Waals surface area contributed by atoms with E-state index >= 15 is 0 Å². The number of hydrogen-bond donors (Lipinski definition) is 0. The summed E-state index contributed by atoms with van der Waals surface area (Å²) in [4.78, 5) is 0. The molecule has 0 aromatic carbocycles. The smallest absolute Gasteiger partial charge is 0.174 e. The van der Waals surface area contributed by atoms with Gasteiger partial charge in [0.2, 0.25) is 0 Å². The van der Waals surface area contributed by atoms with E-state index in [2.05, 4.69) is 13.5 Å². The third-order valence-electron chi connectivity index (χ3n) is 2.89. The highest BCUT2D eigenvalue weighted by atomic mass is 31.2. The zero-order valence-electron chi connectivity index (χ0n) is 12.5. The second kappa shape index (κ2) is 13.5. The van der Waals surface area contributed by atoms with Gasteiger partial charge in [0.1, 0.15) is 0 Å². The third kappa shape index (κ3) is 9.08. The highest BCUT2D eigenvalue weighted by Crippen LogP contribution is 2.47. The van der Waals surface area contributed by atoms with E-state index in [1.807, 2.05) is 19.9 Å². The molecule has 18 heavy (non-hydrogen) atoms. The minimum Gasteiger partial charge on any atom is -0.334 e. The van der Waals surface area contributed by atoms with Crippen molar-refractivity contribution in [1.29, 1.82) is 0 Å². The van der Waals surface area contributed by atoms with E-state index < -0.39 is 8.38 Å². The fourth-order valence-electron chi connectivity index (χ4n) is 1.99. The van der Waals surface area contributed by atoms with Crippen molar-refractivity contribution in [2.45, 2.75) is 71.4 Å². The van der Waals surface area contributed by atoms with Gasteiger partial charge in [-0.2, -0.15) is 0 Å². The van der Waals surface area contributed by atoms with Gasteiger partial charge in [-0.25, -0.2) is 0 Å². The Hall–Kier alpha value is 0.0900. The Kier molecular flexibility index (Phi) is 13.6. The first-order valence-electron chi connectivity index (χ1n) is 7.46.